The Hall–Kier alpha value is -5.10. The van der Waals surface area contributed by atoms with Crippen LogP contribution in [0.4, 0.5) is 4.79 Å². The minimum Gasteiger partial charge on any atom is -0.458 e. The number of pyridine rings is 1. The number of morpholine rings is 1. The van der Waals surface area contributed by atoms with E-state index >= 15 is 4.79 Å². The molecule has 0 saturated carbocycles. The molecule has 394 valence electrons. The Balaban J connectivity index is 1.29. The van der Waals surface area contributed by atoms with Gasteiger partial charge >= 0.3 is 18.0 Å². The topological polar surface area (TPSA) is 173 Å². The van der Waals surface area contributed by atoms with Gasteiger partial charge in [-0.25, -0.2) is 9.59 Å². The molecule has 3 fully saturated rings. The fourth-order valence-electron chi connectivity index (χ4n) is 10.3. The number of benzene rings is 2. The average Bonchev–Trinajstić information content (AvgIpc) is 3.59. The van der Waals surface area contributed by atoms with E-state index in [0.717, 1.165) is 42.5 Å². The monoisotopic (exact) mass is 999 g/mol. The fourth-order valence-corrected chi connectivity index (χ4v) is 10.3. The third kappa shape index (κ3) is 13.7. The van der Waals surface area contributed by atoms with Gasteiger partial charge in [0, 0.05) is 49.6 Å². The smallest absolute Gasteiger partial charge is 0.410 e. The summed E-state index contributed by atoms with van der Waals surface area (Å²) in [5.41, 5.74) is -0.533. The molecule has 1 aromatic heterocycles. The van der Waals surface area contributed by atoms with Crippen LogP contribution < -0.4 is 0 Å². The summed E-state index contributed by atoms with van der Waals surface area (Å²) in [5.74, 6) is -4.93. The highest BCUT2D eigenvalue weighted by molar-refractivity contribution is 6.00. The predicted molar refractivity (Wildman–Crippen MR) is 273 cm³/mol. The van der Waals surface area contributed by atoms with Gasteiger partial charge in [-0.05, 0) is 111 Å². The van der Waals surface area contributed by atoms with E-state index in [1.807, 2.05) is 88.3 Å². The molecule has 12 atom stereocenters. The van der Waals surface area contributed by atoms with Crippen molar-refractivity contribution in [3.63, 3.8) is 0 Å². The summed E-state index contributed by atoms with van der Waals surface area (Å²) in [7, 11) is 3.78. The molecule has 16 nitrogen and oxygen atoms in total. The molecule has 0 spiro atoms. The highest BCUT2D eigenvalue weighted by Crippen LogP contribution is 2.39. The van der Waals surface area contributed by atoms with Gasteiger partial charge in [0.2, 0.25) is 0 Å². The molecule has 3 aliphatic heterocycles. The van der Waals surface area contributed by atoms with E-state index < -0.39 is 83.4 Å². The lowest BCUT2D eigenvalue weighted by atomic mass is 9.78. The van der Waals surface area contributed by atoms with Crippen LogP contribution in [0.25, 0.3) is 17.0 Å². The lowest BCUT2D eigenvalue weighted by Gasteiger charge is -2.47. The summed E-state index contributed by atoms with van der Waals surface area (Å²) < 4.78 is 44.5. The Labute approximate surface area is 426 Å². The van der Waals surface area contributed by atoms with Crippen molar-refractivity contribution in [1.82, 2.24) is 19.7 Å². The van der Waals surface area contributed by atoms with Crippen molar-refractivity contribution in [2.45, 2.75) is 142 Å². The van der Waals surface area contributed by atoms with Gasteiger partial charge < -0.3 is 43.0 Å². The van der Waals surface area contributed by atoms with Gasteiger partial charge in [0.25, 0.3) is 0 Å². The van der Waals surface area contributed by atoms with Gasteiger partial charge in [-0.3, -0.25) is 24.3 Å². The minimum atomic E-state index is -1.39. The molecule has 3 aromatic rings. The minimum absolute atomic E-state index is 0.0406. The first-order chi connectivity index (χ1) is 34.3. The molecule has 3 saturated heterocycles. The van der Waals surface area contributed by atoms with E-state index in [-0.39, 0.29) is 31.0 Å². The van der Waals surface area contributed by atoms with Gasteiger partial charge in [-0.1, -0.05) is 69.3 Å². The molecule has 0 radical (unpaired) electrons. The van der Waals surface area contributed by atoms with Crippen LogP contribution in [0.2, 0.25) is 0 Å². The number of fused-ring (bicyclic) bond motifs is 1. The van der Waals surface area contributed by atoms with Crippen LogP contribution in [0, 0.1) is 17.8 Å². The maximum atomic E-state index is 15.1. The lowest BCUT2D eigenvalue weighted by molar-refractivity contribution is -0.296. The third-order valence-corrected chi connectivity index (χ3v) is 15.0. The molecular formula is C56H78N4O12. The molecule has 0 bridgehead atoms. The van der Waals surface area contributed by atoms with Gasteiger partial charge in [-0.15, -0.1) is 0 Å². The molecule has 1 unspecified atom stereocenters. The van der Waals surface area contributed by atoms with Crippen molar-refractivity contribution in [1.29, 1.82) is 0 Å². The Morgan fingerprint density at radius 2 is 1.69 bits per heavy atom. The lowest BCUT2D eigenvalue weighted by Crippen LogP contribution is -2.60. The van der Waals surface area contributed by atoms with Crippen molar-refractivity contribution in [3.05, 3.63) is 84.1 Å². The number of cyclic esters (lactones) is 1. The van der Waals surface area contributed by atoms with Gasteiger partial charge in [-0.2, -0.15) is 0 Å². The Morgan fingerprint density at radius 3 is 2.38 bits per heavy atom. The standard InChI is InChI=1S/C56H78N4O12/c1-12-47(56(9)41(7)60(54(65)72-56)26-19-25-59-27-30-66-31-28-59)69-51(63)39(5)48(62)38(4)50(71-53-49(46(58(10)11)32-37(3)68-53)70-52(64)43-21-14-13-15-22-43)55(8,34-36(2)40(6)61)67-29-18-20-42-33-44-23-16-17-24-45(44)57-35-42/h13-18,20-24,33,35-39,41,46-47,49-50,53H,12,19,25-32,34H2,1-11H3/b20-18+/t36-,37-,38+,39-,41-,46+,47-,49-,50-,53+,55?,56+/m1/s1. The van der Waals surface area contributed by atoms with Crippen molar-refractivity contribution in [2.75, 3.05) is 60.1 Å². The third-order valence-electron chi connectivity index (χ3n) is 15.0. The molecule has 0 aliphatic carbocycles. The van der Waals surface area contributed by atoms with Gasteiger partial charge in [0.05, 0.1) is 60.8 Å². The molecule has 4 heterocycles. The first kappa shape index (κ1) is 56.2. The van der Waals surface area contributed by atoms with Crippen molar-refractivity contribution in [3.8, 4) is 0 Å². The average molecular weight is 999 g/mol. The zero-order valence-corrected chi connectivity index (χ0v) is 44.2. The number of carbonyl (C=O) groups excluding carboxylic acids is 5. The summed E-state index contributed by atoms with van der Waals surface area (Å²) in [5, 5.41) is 0.976. The number of nitrogens with zero attached hydrogens (tertiary/aromatic N) is 4. The first-order valence-corrected chi connectivity index (χ1v) is 25.7. The number of carbonyl (C=O) groups is 5. The molecule has 6 rings (SSSR count). The second-order valence-electron chi connectivity index (χ2n) is 20.6. The number of amides is 1. The van der Waals surface area contributed by atoms with Crippen LogP contribution in [-0.4, -0.2) is 163 Å². The molecule has 16 heteroatoms. The number of esters is 2. The maximum Gasteiger partial charge on any atom is 0.410 e. The quantitative estimate of drug-likeness (QED) is 0.0483. The van der Waals surface area contributed by atoms with E-state index in [1.54, 1.807) is 63.1 Å². The highest BCUT2D eigenvalue weighted by atomic mass is 16.7. The zero-order chi connectivity index (χ0) is 52.3. The summed E-state index contributed by atoms with van der Waals surface area (Å²) in [6, 6.07) is 17.7. The molecule has 1 amide bonds. The number of para-hydroxylation sites is 1. The van der Waals surface area contributed by atoms with E-state index in [1.165, 1.54) is 13.8 Å². The van der Waals surface area contributed by atoms with Gasteiger partial charge in [0.15, 0.2) is 23.8 Å². The number of hydrogen-bond donors (Lipinski definition) is 0. The SMILES string of the molecule is CC[C@@H](OC(=O)[C@H](C)C(=O)[C@H](C)[C@@H](O[C@@H]1O[C@H](C)C[C@H](N(C)C)[C@H]1OC(=O)c1ccccc1)C(C)(C[C@@H](C)C(C)=O)OC/C=C/c1cnc2ccccc2c1)[C@@]1(C)OC(=O)N(CCCN2CCOCC2)[C@@H]1C. The number of rotatable bonds is 24. The second kappa shape index (κ2) is 25.2. The Morgan fingerprint density at radius 1 is 1.00 bits per heavy atom. The number of hydrogen-bond acceptors (Lipinski definition) is 15. The number of Topliss-reactive ketones (excluding diaryl/α,β-unsaturated/α-hetero) is 2. The van der Waals surface area contributed by atoms with Crippen LogP contribution in [0.3, 0.4) is 0 Å². The van der Waals surface area contributed by atoms with E-state index in [0.29, 0.717) is 38.2 Å². The zero-order valence-electron chi connectivity index (χ0n) is 44.2. The summed E-state index contributed by atoms with van der Waals surface area (Å²) in [6.07, 6.45) is 2.07. The van der Waals surface area contributed by atoms with Crippen LogP contribution in [-0.2, 0) is 47.5 Å². The van der Waals surface area contributed by atoms with Crippen molar-refractivity contribution >= 4 is 46.6 Å². The molecule has 0 N–H and O–H groups in total. The van der Waals surface area contributed by atoms with Crippen LogP contribution in [0.15, 0.2) is 72.9 Å². The summed E-state index contributed by atoms with van der Waals surface area (Å²) >= 11 is 0. The number of ether oxygens (including phenoxy) is 7. The largest absolute Gasteiger partial charge is 0.458 e. The Kier molecular flexibility index (Phi) is 19.7. The molecular weight excluding hydrogens is 921 g/mol. The Bertz CT molecular complexity index is 2340. The van der Waals surface area contributed by atoms with E-state index in [9.17, 15) is 19.2 Å². The first-order valence-electron chi connectivity index (χ1n) is 25.7. The molecule has 3 aliphatic rings. The molecule has 2 aromatic carbocycles. The summed E-state index contributed by atoms with van der Waals surface area (Å²) in [6.45, 7) is 20.1. The predicted octanol–water partition coefficient (Wildman–Crippen LogP) is 7.80. The van der Waals surface area contributed by atoms with Crippen LogP contribution in [0.1, 0.15) is 104 Å². The maximum absolute atomic E-state index is 15.1. The molecule has 72 heavy (non-hydrogen) atoms. The van der Waals surface area contributed by atoms with Gasteiger partial charge in [0.1, 0.15) is 17.8 Å². The number of likely N-dealkylation sites (N-methyl/N-ethyl adjacent to an activating group) is 1. The number of ketones is 2. The van der Waals surface area contributed by atoms with Crippen LogP contribution >= 0.6 is 0 Å². The van der Waals surface area contributed by atoms with Crippen molar-refractivity contribution < 1.29 is 57.1 Å². The second-order valence-corrected chi connectivity index (χ2v) is 20.6. The van der Waals surface area contributed by atoms with E-state index in [4.69, 9.17) is 33.2 Å². The van der Waals surface area contributed by atoms with Crippen molar-refractivity contribution in [2.24, 2.45) is 17.8 Å². The normalized spacial score (nSPS) is 25.9. The van der Waals surface area contributed by atoms with Crippen LogP contribution in [0.5, 0.6) is 0 Å². The number of aromatic nitrogens is 1. The van der Waals surface area contributed by atoms with E-state index in [2.05, 4.69) is 9.88 Å². The fraction of sp³-hybridized carbons (Fsp3) is 0.607. The summed E-state index contributed by atoms with van der Waals surface area (Å²) in [4.78, 5) is 80.3. The highest BCUT2D eigenvalue weighted by Gasteiger charge is 2.55.